The van der Waals surface area contributed by atoms with Crippen LogP contribution in [0.25, 0.3) is 11.5 Å². The zero-order valence-electron chi connectivity index (χ0n) is 16.3. The Hall–Kier alpha value is -3.30. The summed E-state index contributed by atoms with van der Waals surface area (Å²) in [5, 5.41) is 2.17. The minimum Gasteiger partial charge on any atom is -0.473 e. The molecule has 1 aliphatic rings. The van der Waals surface area contributed by atoms with Gasteiger partial charge in [-0.05, 0) is 44.3 Å². The third-order valence-electron chi connectivity index (χ3n) is 4.48. The van der Waals surface area contributed by atoms with Crippen molar-refractivity contribution in [3.63, 3.8) is 0 Å². The Morgan fingerprint density at radius 1 is 1.27 bits per heavy atom. The summed E-state index contributed by atoms with van der Waals surface area (Å²) in [6, 6.07) is 1.26. The van der Waals surface area contributed by atoms with Gasteiger partial charge in [-0.3, -0.25) is 4.79 Å². The summed E-state index contributed by atoms with van der Waals surface area (Å²) in [4.78, 5) is 19.4. The van der Waals surface area contributed by atoms with Gasteiger partial charge in [-0.1, -0.05) is 18.2 Å². The number of alkyl halides is 3. The molecule has 3 rings (SSSR count). The third kappa shape index (κ3) is 5.62. The second-order valence-corrected chi connectivity index (χ2v) is 7.05. The number of rotatable bonds is 7. The molecule has 1 fully saturated rings. The van der Waals surface area contributed by atoms with Gasteiger partial charge in [-0.15, -0.1) is 13.2 Å². The number of halogens is 3. The highest BCUT2D eigenvalue weighted by molar-refractivity contribution is 5.49. The van der Waals surface area contributed by atoms with Gasteiger partial charge < -0.3 is 14.0 Å². The average Bonchev–Trinajstić information content (AvgIpc) is 3.07. The first kappa shape index (κ1) is 21.4. The van der Waals surface area contributed by atoms with Crippen LogP contribution in [0.2, 0.25) is 0 Å². The van der Waals surface area contributed by atoms with Crippen molar-refractivity contribution in [2.45, 2.75) is 39.2 Å². The Balaban J connectivity index is 1.50. The molecule has 0 atom stereocenters. The van der Waals surface area contributed by atoms with Crippen molar-refractivity contribution in [3.8, 4) is 17.3 Å². The molecular weight excluding hydrogens is 403 g/mol. The Bertz CT molecular complexity index is 1010. The minimum absolute atomic E-state index is 0.0944. The number of allylic oxidation sites excluding steroid dienone is 4. The molecule has 0 aromatic carbocycles. The molecule has 0 unspecified atom stereocenters. The number of hydrogen-bond donors (Lipinski definition) is 1. The highest BCUT2D eigenvalue weighted by Gasteiger charge is 2.33. The molecule has 30 heavy (non-hydrogen) atoms. The van der Waals surface area contributed by atoms with Gasteiger partial charge >= 0.3 is 6.36 Å². The van der Waals surface area contributed by atoms with Crippen LogP contribution >= 0.6 is 0 Å². The van der Waals surface area contributed by atoms with Crippen molar-refractivity contribution in [1.82, 2.24) is 15.1 Å². The maximum atomic E-state index is 12.4. The number of hydrogen-bond acceptors (Lipinski definition) is 6. The molecule has 0 saturated heterocycles. The molecule has 0 amide bonds. The van der Waals surface area contributed by atoms with Crippen LogP contribution in [0.3, 0.4) is 0 Å². The van der Waals surface area contributed by atoms with Crippen molar-refractivity contribution in [2.24, 2.45) is 5.92 Å². The van der Waals surface area contributed by atoms with E-state index in [4.69, 9.17) is 9.26 Å². The highest BCUT2D eigenvalue weighted by Crippen LogP contribution is 2.36. The van der Waals surface area contributed by atoms with Gasteiger partial charge in [0.05, 0.1) is 18.5 Å². The van der Waals surface area contributed by atoms with Gasteiger partial charge in [0, 0.05) is 0 Å². The van der Waals surface area contributed by atoms with Gasteiger partial charge in [-0.2, -0.15) is 5.16 Å². The standard InChI is InChI=1S/C20H20F3N3O4/c1-11(2)16(29-20(21,22)23)5-4-12(3)13-6-14(7-13)28-19-10-24-15(9-25-19)17-8-18(27)26-30-17/h4-5,8-10,13-14H,3,6-7H2,1-2H3,(H,26,27)/b5-4-. The van der Waals surface area contributed by atoms with E-state index in [9.17, 15) is 18.0 Å². The van der Waals surface area contributed by atoms with E-state index in [0.29, 0.717) is 35.6 Å². The molecule has 1 aliphatic carbocycles. The molecule has 160 valence electrons. The van der Waals surface area contributed by atoms with E-state index in [0.717, 1.165) is 0 Å². The van der Waals surface area contributed by atoms with E-state index >= 15 is 0 Å². The summed E-state index contributed by atoms with van der Waals surface area (Å²) in [5.41, 5.74) is 1.13. The van der Waals surface area contributed by atoms with Crippen molar-refractivity contribution in [2.75, 3.05) is 0 Å². The third-order valence-corrected chi connectivity index (χ3v) is 4.48. The Morgan fingerprint density at radius 3 is 2.53 bits per heavy atom. The molecule has 7 nitrogen and oxygen atoms in total. The molecule has 0 bridgehead atoms. The number of aromatic nitrogens is 3. The highest BCUT2D eigenvalue weighted by atomic mass is 19.4. The largest absolute Gasteiger partial charge is 0.573 e. The van der Waals surface area contributed by atoms with Crippen LogP contribution in [-0.4, -0.2) is 27.6 Å². The van der Waals surface area contributed by atoms with Crippen molar-refractivity contribution in [1.29, 1.82) is 0 Å². The topological polar surface area (TPSA) is 90.2 Å². The van der Waals surface area contributed by atoms with E-state index in [1.807, 2.05) is 0 Å². The van der Waals surface area contributed by atoms with Gasteiger partial charge in [0.15, 0.2) is 5.76 Å². The van der Waals surface area contributed by atoms with E-state index < -0.39 is 6.36 Å². The number of nitrogens with zero attached hydrogens (tertiary/aromatic N) is 2. The lowest BCUT2D eigenvalue weighted by Crippen LogP contribution is -2.34. The predicted molar refractivity (Wildman–Crippen MR) is 101 cm³/mol. The summed E-state index contributed by atoms with van der Waals surface area (Å²) < 4.78 is 52.0. The molecule has 1 N–H and O–H groups in total. The molecule has 2 heterocycles. The van der Waals surface area contributed by atoms with Crippen LogP contribution in [0.15, 0.2) is 63.4 Å². The predicted octanol–water partition coefficient (Wildman–Crippen LogP) is 4.53. The van der Waals surface area contributed by atoms with Gasteiger partial charge in [0.1, 0.15) is 17.6 Å². The van der Waals surface area contributed by atoms with Crippen LogP contribution in [0.4, 0.5) is 13.2 Å². The Morgan fingerprint density at radius 2 is 2.00 bits per heavy atom. The van der Waals surface area contributed by atoms with Crippen LogP contribution in [0, 0.1) is 5.92 Å². The van der Waals surface area contributed by atoms with E-state index in [1.54, 1.807) is 0 Å². The lowest BCUT2D eigenvalue weighted by molar-refractivity contribution is -0.303. The molecular formula is C20H20F3N3O4. The van der Waals surface area contributed by atoms with Crippen molar-refractivity contribution < 1.29 is 27.2 Å². The number of ether oxygens (including phenoxy) is 2. The zero-order chi connectivity index (χ0) is 21.9. The Labute approximate surface area is 169 Å². The van der Waals surface area contributed by atoms with Gasteiger partial charge in [-0.25, -0.2) is 9.97 Å². The number of nitrogens with one attached hydrogen (secondary N) is 1. The minimum atomic E-state index is -4.74. The fraction of sp³-hybridized carbons (Fsp3) is 0.350. The summed E-state index contributed by atoms with van der Waals surface area (Å²) in [6.07, 6.45) is 2.15. The normalized spacial score (nSPS) is 18.7. The maximum absolute atomic E-state index is 12.4. The smallest absolute Gasteiger partial charge is 0.473 e. The monoisotopic (exact) mass is 423 g/mol. The fourth-order valence-corrected chi connectivity index (χ4v) is 2.80. The van der Waals surface area contributed by atoms with E-state index in [-0.39, 0.29) is 29.1 Å². The number of H-pyrrole nitrogens is 1. The average molecular weight is 423 g/mol. The van der Waals surface area contributed by atoms with Crippen LogP contribution in [0.1, 0.15) is 26.7 Å². The Kier molecular flexibility index (Phi) is 6.14. The van der Waals surface area contributed by atoms with Crippen LogP contribution < -0.4 is 10.3 Å². The zero-order valence-corrected chi connectivity index (χ0v) is 16.3. The summed E-state index contributed by atoms with van der Waals surface area (Å²) in [7, 11) is 0. The summed E-state index contributed by atoms with van der Waals surface area (Å²) in [5.74, 6) is 0.448. The lowest BCUT2D eigenvalue weighted by Gasteiger charge is -2.35. The first-order valence-electron chi connectivity index (χ1n) is 9.08. The first-order valence-corrected chi connectivity index (χ1v) is 9.08. The second kappa shape index (κ2) is 8.60. The van der Waals surface area contributed by atoms with E-state index in [2.05, 4.69) is 26.4 Å². The van der Waals surface area contributed by atoms with Gasteiger partial charge in [0.2, 0.25) is 5.88 Å². The SMILES string of the molecule is C=C(/C=C\C(OC(F)(F)F)=C(C)C)C1CC(Oc2cnc(-c3cc(=O)[nH]o3)cn2)C1. The van der Waals surface area contributed by atoms with Crippen molar-refractivity contribution in [3.05, 3.63) is 64.5 Å². The van der Waals surface area contributed by atoms with Crippen LogP contribution in [0.5, 0.6) is 5.88 Å². The number of aromatic amines is 1. The molecule has 0 spiro atoms. The molecule has 2 aromatic heterocycles. The molecule has 0 aliphatic heterocycles. The fourth-order valence-electron chi connectivity index (χ4n) is 2.80. The van der Waals surface area contributed by atoms with Crippen molar-refractivity contribution >= 4 is 0 Å². The summed E-state index contributed by atoms with van der Waals surface area (Å²) in [6.45, 7) is 7.00. The molecule has 2 aromatic rings. The second-order valence-electron chi connectivity index (χ2n) is 7.05. The maximum Gasteiger partial charge on any atom is 0.573 e. The summed E-state index contributed by atoms with van der Waals surface area (Å²) >= 11 is 0. The van der Waals surface area contributed by atoms with E-state index in [1.165, 1.54) is 44.5 Å². The molecule has 10 heteroatoms. The van der Waals surface area contributed by atoms with Gasteiger partial charge in [0.25, 0.3) is 5.56 Å². The quantitative estimate of drug-likeness (QED) is 0.520. The lowest BCUT2D eigenvalue weighted by atomic mass is 9.77. The first-order chi connectivity index (χ1) is 14.1. The molecule has 0 radical (unpaired) electrons. The van der Waals surface area contributed by atoms with Crippen LogP contribution in [-0.2, 0) is 4.74 Å². The molecule has 1 saturated carbocycles.